The van der Waals surface area contributed by atoms with Crippen molar-refractivity contribution in [3.05, 3.63) is 77.0 Å². The highest BCUT2D eigenvalue weighted by Gasteiger charge is 2.25. The van der Waals surface area contributed by atoms with Gasteiger partial charge in [0.2, 0.25) is 0 Å². The minimum atomic E-state index is -2.87. The summed E-state index contributed by atoms with van der Waals surface area (Å²) in [5.41, 5.74) is 3.14. The summed E-state index contributed by atoms with van der Waals surface area (Å²) in [5, 5.41) is 8.81. The zero-order valence-corrected chi connectivity index (χ0v) is 18.7. The molecule has 0 fully saturated rings. The van der Waals surface area contributed by atoms with E-state index in [1.54, 1.807) is 12.1 Å². The van der Waals surface area contributed by atoms with Crippen molar-refractivity contribution in [2.24, 2.45) is 0 Å². The maximum atomic E-state index is 13.5. The molecule has 2 aromatic carbocycles. The van der Waals surface area contributed by atoms with Crippen LogP contribution < -0.4 is 4.74 Å². The van der Waals surface area contributed by atoms with E-state index in [1.807, 2.05) is 30.3 Å². The minimum Gasteiger partial charge on any atom is -0.482 e. The monoisotopic (exact) mass is 455 g/mol. The van der Waals surface area contributed by atoms with Gasteiger partial charge in [-0.05, 0) is 55.2 Å². The summed E-state index contributed by atoms with van der Waals surface area (Å²) in [6, 6.07) is 15.8. The molecule has 3 aromatic rings. The standard InChI is InChI=1S/C26H27F2NO4/c1-17(23-9-10-24(33-23)19-3-6-21(7-4-19)26(2,27)28)29-13-11-18-5-8-22(32-16-25(30)31)15-20(18)12-14-29/h3-10,15,17H,11-14,16H2,1-2H3,(H,30,31). The van der Waals surface area contributed by atoms with E-state index >= 15 is 0 Å². The lowest BCUT2D eigenvalue weighted by Crippen LogP contribution is -2.29. The van der Waals surface area contributed by atoms with Crippen molar-refractivity contribution in [1.82, 2.24) is 4.90 Å². The second-order valence-corrected chi connectivity index (χ2v) is 8.49. The highest BCUT2D eigenvalue weighted by molar-refractivity contribution is 5.68. The summed E-state index contributed by atoms with van der Waals surface area (Å²) >= 11 is 0. The largest absolute Gasteiger partial charge is 0.482 e. The van der Waals surface area contributed by atoms with Gasteiger partial charge in [-0.15, -0.1) is 0 Å². The molecule has 0 aliphatic carbocycles. The quantitative estimate of drug-likeness (QED) is 0.496. The molecule has 0 bridgehead atoms. The van der Waals surface area contributed by atoms with Crippen LogP contribution in [0.15, 0.2) is 59.0 Å². The molecule has 1 aliphatic heterocycles. The zero-order chi connectivity index (χ0) is 23.6. The highest BCUT2D eigenvalue weighted by Crippen LogP contribution is 2.32. The van der Waals surface area contributed by atoms with E-state index in [1.165, 1.54) is 23.3 Å². The van der Waals surface area contributed by atoms with Crippen LogP contribution in [0.1, 0.15) is 42.3 Å². The van der Waals surface area contributed by atoms with Crippen LogP contribution in [0.4, 0.5) is 8.78 Å². The third kappa shape index (κ3) is 5.42. The molecule has 1 N–H and O–H groups in total. The SMILES string of the molecule is CC(c1ccc(-c2ccc(C(C)(F)F)cc2)o1)N1CCc2ccc(OCC(=O)O)cc2CC1. The minimum absolute atomic E-state index is 0.0213. The number of furan rings is 1. The molecule has 0 spiro atoms. The molecule has 174 valence electrons. The average molecular weight is 456 g/mol. The average Bonchev–Trinajstić information content (AvgIpc) is 3.18. The third-order valence-corrected chi connectivity index (χ3v) is 6.14. The number of carboxylic acid groups (broad SMARTS) is 1. The second kappa shape index (κ2) is 9.35. The molecule has 0 amide bonds. The molecule has 0 saturated carbocycles. The van der Waals surface area contributed by atoms with Gasteiger partial charge < -0.3 is 14.3 Å². The van der Waals surface area contributed by atoms with Crippen molar-refractivity contribution in [1.29, 1.82) is 0 Å². The first-order chi connectivity index (χ1) is 15.7. The lowest BCUT2D eigenvalue weighted by molar-refractivity contribution is -0.139. The molecule has 1 aromatic heterocycles. The smallest absolute Gasteiger partial charge is 0.341 e. The van der Waals surface area contributed by atoms with Crippen molar-refractivity contribution in [3.63, 3.8) is 0 Å². The number of hydrogen-bond acceptors (Lipinski definition) is 4. The van der Waals surface area contributed by atoms with Gasteiger partial charge in [0.15, 0.2) is 6.61 Å². The molecule has 7 heteroatoms. The molecule has 4 rings (SSSR count). The van der Waals surface area contributed by atoms with Gasteiger partial charge in [0, 0.05) is 31.1 Å². The number of aliphatic carboxylic acids is 1. The first kappa shape index (κ1) is 23.0. The van der Waals surface area contributed by atoms with E-state index in [4.69, 9.17) is 14.3 Å². The van der Waals surface area contributed by atoms with Gasteiger partial charge in [0.05, 0.1) is 6.04 Å². The molecule has 0 radical (unpaired) electrons. The fraction of sp³-hybridized carbons (Fsp3) is 0.346. The number of halogens is 2. The van der Waals surface area contributed by atoms with E-state index in [9.17, 15) is 13.6 Å². The molecule has 0 saturated heterocycles. The molecular weight excluding hydrogens is 428 g/mol. The summed E-state index contributed by atoms with van der Waals surface area (Å²) in [7, 11) is 0. The van der Waals surface area contributed by atoms with E-state index in [0.717, 1.165) is 44.2 Å². The summed E-state index contributed by atoms with van der Waals surface area (Å²) < 4.78 is 38.4. The van der Waals surface area contributed by atoms with Crippen molar-refractivity contribution in [3.8, 4) is 17.1 Å². The van der Waals surface area contributed by atoms with Crippen LogP contribution in [0.3, 0.4) is 0 Å². The normalized spacial score (nSPS) is 15.5. The third-order valence-electron chi connectivity index (χ3n) is 6.14. The lowest BCUT2D eigenvalue weighted by atomic mass is 10.0. The van der Waals surface area contributed by atoms with Crippen molar-refractivity contribution in [2.45, 2.75) is 38.7 Å². The Hall–Kier alpha value is -3.19. The second-order valence-electron chi connectivity index (χ2n) is 8.49. The van der Waals surface area contributed by atoms with Crippen LogP contribution >= 0.6 is 0 Å². The molecule has 1 unspecified atom stereocenters. The van der Waals surface area contributed by atoms with Gasteiger partial charge in [0.25, 0.3) is 5.92 Å². The van der Waals surface area contributed by atoms with Crippen LogP contribution in [-0.2, 0) is 23.6 Å². The number of carboxylic acids is 1. The zero-order valence-electron chi connectivity index (χ0n) is 18.7. The van der Waals surface area contributed by atoms with E-state index in [-0.39, 0.29) is 18.2 Å². The van der Waals surface area contributed by atoms with Crippen molar-refractivity contribution in [2.75, 3.05) is 19.7 Å². The van der Waals surface area contributed by atoms with E-state index in [2.05, 4.69) is 11.8 Å². The number of fused-ring (bicyclic) bond motifs is 1. The number of benzene rings is 2. The van der Waals surface area contributed by atoms with Crippen LogP contribution in [0.25, 0.3) is 11.3 Å². The molecular formula is C26H27F2NO4. The van der Waals surface area contributed by atoms with E-state index in [0.29, 0.717) is 11.5 Å². The van der Waals surface area contributed by atoms with Crippen molar-refractivity contribution < 1.29 is 27.8 Å². The molecule has 1 atom stereocenters. The topological polar surface area (TPSA) is 62.9 Å². The van der Waals surface area contributed by atoms with Gasteiger partial charge in [-0.3, -0.25) is 4.90 Å². The number of ether oxygens (including phenoxy) is 1. The Morgan fingerprint density at radius 2 is 1.79 bits per heavy atom. The lowest BCUT2D eigenvalue weighted by Gasteiger charge is -2.25. The Bertz CT molecular complexity index is 1120. The summed E-state index contributed by atoms with van der Waals surface area (Å²) in [5.74, 6) is -1.82. The number of alkyl halides is 2. The van der Waals surface area contributed by atoms with Gasteiger partial charge >= 0.3 is 5.97 Å². The Labute approximate surface area is 191 Å². The van der Waals surface area contributed by atoms with Crippen LogP contribution in [-0.4, -0.2) is 35.7 Å². The van der Waals surface area contributed by atoms with Crippen LogP contribution in [0, 0.1) is 0 Å². The Kier molecular flexibility index (Phi) is 6.51. The predicted molar refractivity (Wildman–Crippen MR) is 121 cm³/mol. The van der Waals surface area contributed by atoms with E-state index < -0.39 is 11.9 Å². The fourth-order valence-corrected chi connectivity index (χ4v) is 4.18. The summed E-state index contributed by atoms with van der Waals surface area (Å²) in [6.45, 7) is 4.32. The Balaban J connectivity index is 1.43. The molecule has 33 heavy (non-hydrogen) atoms. The van der Waals surface area contributed by atoms with Gasteiger partial charge in [-0.2, -0.15) is 0 Å². The van der Waals surface area contributed by atoms with Gasteiger partial charge in [0.1, 0.15) is 17.3 Å². The van der Waals surface area contributed by atoms with Gasteiger partial charge in [-0.1, -0.05) is 30.3 Å². The van der Waals surface area contributed by atoms with Crippen LogP contribution in [0.2, 0.25) is 0 Å². The first-order valence-electron chi connectivity index (χ1n) is 11.0. The Morgan fingerprint density at radius 1 is 1.09 bits per heavy atom. The maximum absolute atomic E-state index is 13.5. The highest BCUT2D eigenvalue weighted by atomic mass is 19.3. The maximum Gasteiger partial charge on any atom is 0.341 e. The van der Waals surface area contributed by atoms with Crippen molar-refractivity contribution >= 4 is 5.97 Å². The summed E-state index contributed by atoms with van der Waals surface area (Å²) in [6.07, 6.45) is 1.70. The van der Waals surface area contributed by atoms with Gasteiger partial charge in [-0.25, -0.2) is 13.6 Å². The Morgan fingerprint density at radius 3 is 2.45 bits per heavy atom. The molecule has 5 nitrogen and oxygen atoms in total. The summed E-state index contributed by atoms with van der Waals surface area (Å²) in [4.78, 5) is 13.1. The molecule has 2 heterocycles. The predicted octanol–water partition coefficient (Wildman–Crippen LogP) is 5.68. The number of nitrogens with zero attached hydrogens (tertiary/aromatic N) is 1. The van der Waals surface area contributed by atoms with Crippen LogP contribution in [0.5, 0.6) is 5.75 Å². The number of carbonyl (C=O) groups is 1. The fourth-order valence-electron chi connectivity index (χ4n) is 4.18. The number of hydrogen-bond donors (Lipinski definition) is 1. The molecule has 1 aliphatic rings. The first-order valence-corrected chi connectivity index (χ1v) is 11.0. The number of rotatable bonds is 7.